The van der Waals surface area contributed by atoms with Crippen LogP contribution in [0.1, 0.15) is 37.0 Å². The van der Waals surface area contributed by atoms with E-state index < -0.39 is 15.9 Å². The number of rotatable bonds is 7. The molecule has 0 unspecified atom stereocenters. The van der Waals surface area contributed by atoms with Gasteiger partial charge in [-0.1, -0.05) is 13.8 Å². The maximum Gasteiger partial charge on any atom is 0.248 e. The Hall–Kier alpha value is -1.60. The molecule has 0 fully saturated rings. The Morgan fingerprint density at radius 3 is 2.15 bits per heavy atom. The number of sulfonamides is 1. The third kappa shape index (κ3) is 3.49. The van der Waals surface area contributed by atoms with E-state index in [-0.39, 0.29) is 16.1 Å². The van der Waals surface area contributed by atoms with Crippen molar-refractivity contribution >= 4 is 21.6 Å². The van der Waals surface area contributed by atoms with Crippen LogP contribution in [0.5, 0.6) is 0 Å². The number of carbonyl (C=O) groups is 1. The number of amides is 1. The first-order valence-corrected chi connectivity index (χ1v) is 7.98. The number of carbonyl (C=O) groups excluding carboxylic acids is 1. The lowest BCUT2D eigenvalue weighted by Gasteiger charge is -2.22. The number of benzene rings is 1. The molecule has 0 aromatic heterocycles. The molecule has 1 amide bonds. The Morgan fingerprint density at radius 2 is 1.75 bits per heavy atom. The van der Waals surface area contributed by atoms with Crippen LogP contribution >= 0.6 is 0 Å². The number of primary amides is 1. The minimum absolute atomic E-state index is 0.0180. The Morgan fingerprint density at radius 1 is 1.20 bits per heavy atom. The Balaban J connectivity index is 3.23. The summed E-state index contributed by atoms with van der Waals surface area (Å²) in [6.07, 6.45) is 1.44. The van der Waals surface area contributed by atoms with E-state index in [1.54, 1.807) is 0 Å². The number of hydrogen-bond acceptors (Lipinski definition) is 4. The first-order valence-electron chi connectivity index (χ1n) is 6.54. The van der Waals surface area contributed by atoms with Gasteiger partial charge < -0.3 is 11.5 Å². The van der Waals surface area contributed by atoms with Gasteiger partial charge in [0.2, 0.25) is 15.9 Å². The molecule has 6 nitrogen and oxygen atoms in total. The zero-order valence-corrected chi connectivity index (χ0v) is 12.6. The highest BCUT2D eigenvalue weighted by molar-refractivity contribution is 7.89. The van der Waals surface area contributed by atoms with Crippen LogP contribution in [0.15, 0.2) is 23.1 Å². The average Bonchev–Trinajstić information content (AvgIpc) is 2.37. The highest BCUT2D eigenvalue weighted by atomic mass is 32.2. The van der Waals surface area contributed by atoms with Crippen molar-refractivity contribution in [3.05, 3.63) is 23.8 Å². The fourth-order valence-electron chi connectivity index (χ4n) is 1.93. The molecule has 0 bridgehead atoms. The molecule has 1 aromatic rings. The topological polar surface area (TPSA) is 106 Å². The van der Waals surface area contributed by atoms with Crippen LogP contribution in [0.4, 0.5) is 5.69 Å². The number of nitrogens with zero attached hydrogens (tertiary/aromatic N) is 1. The van der Waals surface area contributed by atoms with Gasteiger partial charge in [0.25, 0.3) is 0 Å². The van der Waals surface area contributed by atoms with Crippen LogP contribution in [0.25, 0.3) is 0 Å². The van der Waals surface area contributed by atoms with Crippen molar-refractivity contribution in [2.24, 2.45) is 5.73 Å². The van der Waals surface area contributed by atoms with Gasteiger partial charge in [-0.3, -0.25) is 4.79 Å². The quantitative estimate of drug-likeness (QED) is 0.737. The minimum atomic E-state index is -3.64. The summed E-state index contributed by atoms with van der Waals surface area (Å²) in [6, 6.07) is 4.01. The number of hydrogen-bond donors (Lipinski definition) is 2. The molecule has 1 aromatic carbocycles. The minimum Gasteiger partial charge on any atom is -0.398 e. The summed E-state index contributed by atoms with van der Waals surface area (Å²) >= 11 is 0. The second-order valence-electron chi connectivity index (χ2n) is 4.52. The summed E-state index contributed by atoms with van der Waals surface area (Å²) in [5, 5.41) is 0. The molecule has 0 aliphatic carbocycles. The lowest BCUT2D eigenvalue weighted by Crippen LogP contribution is -2.33. The second-order valence-corrected chi connectivity index (χ2v) is 6.43. The third-order valence-electron chi connectivity index (χ3n) is 2.86. The van der Waals surface area contributed by atoms with Gasteiger partial charge in [0.15, 0.2) is 0 Å². The van der Waals surface area contributed by atoms with Gasteiger partial charge in [0, 0.05) is 18.7 Å². The molecule has 1 rings (SSSR count). The molecule has 0 aliphatic heterocycles. The number of nitrogen functional groups attached to an aromatic ring is 1. The summed E-state index contributed by atoms with van der Waals surface area (Å²) in [4.78, 5) is 11.1. The third-order valence-corrected chi connectivity index (χ3v) is 4.83. The molecule has 0 radical (unpaired) electrons. The van der Waals surface area contributed by atoms with E-state index in [0.29, 0.717) is 13.1 Å². The van der Waals surface area contributed by atoms with Gasteiger partial charge in [-0.25, -0.2) is 8.42 Å². The molecule has 0 saturated heterocycles. The van der Waals surface area contributed by atoms with E-state index in [9.17, 15) is 13.2 Å². The number of anilines is 1. The number of nitrogens with two attached hydrogens (primary N) is 2. The van der Waals surface area contributed by atoms with Gasteiger partial charge in [-0.05, 0) is 31.0 Å². The van der Waals surface area contributed by atoms with Crippen molar-refractivity contribution in [1.29, 1.82) is 0 Å². The van der Waals surface area contributed by atoms with Crippen LogP contribution < -0.4 is 11.5 Å². The van der Waals surface area contributed by atoms with Crippen molar-refractivity contribution in [3.8, 4) is 0 Å². The average molecular weight is 299 g/mol. The molecule has 20 heavy (non-hydrogen) atoms. The van der Waals surface area contributed by atoms with Crippen molar-refractivity contribution in [2.75, 3.05) is 18.8 Å². The normalized spacial score (nSPS) is 11.8. The monoisotopic (exact) mass is 299 g/mol. The first kappa shape index (κ1) is 16.5. The molecule has 0 aliphatic rings. The van der Waals surface area contributed by atoms with Crippen LogP contribution in [0.2, 0.25) is 0 Å². The lowest BCUT2D eigenvalue weighted by atomic mass is 10.2. The predicted molar refractivity (Wildman–Crippen MR) is 78.7 cm³/mol. The largest absolute Gasteiger partial charge is 0.398 e. The summed E-state index contributed by atoms with van der Waals surface area (Å²) in [5.41, 5.74) is 11.1. The van der Waals surface area contributed by atoms with Crippen molar-refractivity contribution in [3.63, 3.8) is 0 Å². The SMILES string of the molecule is CCCN(CCC)S(=O)(=O)c1ccc(C(N)=O)cc1N. The molecule has 0 atom stereocenters. The molecular weight excluding hydrogens is 278 g/mol. The molecule has 4 N–H and O–H groups in total. The molecule has 7 heteroatoms. The summed E-state index contributed by atoms with van der Waals surface area (Å²) in [6.45, 7) is 4.70. The van der Waals surface area contributed by atoms with E-state index in [1.807, 2.05) is 13.8 Å². The van der Waals surface area contributed by atoms with E-state index in [1.165, 1.54) is 22.5 Å². The molecule has 0 heterocycles. The van der Waals surface area contributed by atoms with Crippen LogP contribution in [0.3, 0.4) is 0 Å². The van der Waals surface area contributed by atoms with E-state index in [0.717, 1.165) is 12.8 Å². The summed E-state index contributed by atoms with van der Waals surface area (Å²) < 4.78 is 26.5. The van der Waals surface area contributed by atoms with Crippen molar-refractivity contribution in [1.82, 2.24) is 4.31 Å². The predicted octanol–water partition coefficient (Wildman–Crippen LogP) is 1.18. The van der Waals surface area contributed by atoms with Gasteiger partial charge in [0.1, 0.15) is 4.90 Å². The lowest BCUT2D eigenvalue weighted by molar-refractivity contribution is 0.1000. The van der Waals surface area contributed by atoms with Crippen LogP contribution in [-0.2, 0) is 10.0 Å². The first-order chi connectivity index (χ1) is 9.34. The standard InChI is InChI=1S/C13H21N3O3S/c1-3-7-16(8-4-2)20(18,19)12-6-5-10(13(15)17)9-11(12)14/h5-6,9H,3-4,7-8,14H2,1-2H3,(H2,15,17). The maximum atomic E-state index is 12.5. The Kier molecular flexibility index (Phi) is 5.52. The molecular formula is C13H21N3O3S. The fourth-order valence-corrected chi connectivity index (χ4v) is 3.65. The van der Waals surface area contributed by atoms with E-state index in [4.69, 9.17) is 11.5 Å². The van der Waals surface area contributed by atoms with Gasteiger partial charge >= 0.3 is 0 Å². The van der Waals surface area contributed by atoms with Crippen LogP contribution in [-0.4, -0.2) is 31.7 Å². The van der Waals surface area contributed by atoms with Crippen molar-refractivity contribution < 1.29 is 13.2 Å². The van der Waals surface area contributed by atoms with Gasteiger partial charge in [-0.15, -0.1) is 0 Å². The van der Waals surface area contributed by atoms with E-state index in [2.05, 4.69) is 0 Å². The smallest absolute Gasteiger partial charge is 0.248 e. The van der Waals surface area contributed by atoms with Gasteiger partial charge in [-0.2, -0.15) is 4.31 Å². The zero-order chi connectivity index (χ0) is 15.3. The van der Waals surface area contributed by atoms with Crippen molar-refractivity contribution in [2.45, 2.75) is 31.6 Å². The van der Waals surface area contributed by atoms with Gasteiger partial charge in [0.05, 0.1) is 5.69 Å². The fraction of sp³-hybridized carbons (Fsp3) is 0.462. The second kappa shape index (κ2) is 6.71. The molecule has 0 spiro atoms. The zero-order valence-electron chi connectivity index (χ0n) is 11.8. The highest BCUT2D eigenvalue weighted by Crippen LogP contribution is 2.24. The molecule has 112 valence electrons. The van der Waals surface area contributed by atoms with E-state index >= 15 is 0 Å². The summed E-state index contributed by atoms with van der Waals surface area (Å²) in [7, 11) is -3.64. The maximum absolute atomic E-state index is 12.5. The highest BCUT2D eigenvalue weighted by Gasteiger charge is 2.25. The van der Waals surface area contributed by atoms with Crippen LogP contribution in [0, 0.1) is 0 Å². The Bertz CT molecular complexity index is 579. The molecule has 0 saturated carbocycles. The summed E-state index contributed by atoms with van der Waals surface area (Å²) in [5.74, 6) is -0.639. The Labute approximate surface area is 119 Å².